The van der Waals surface area contributed by atoms with E-state index in [1.54, 1.807) is 23.4 Å². The van der Waals surface area contributed by atoms with Gasteiger partial charge in [0.1, 0.15) is 5.56 Å². The first kappa shape index (κ1) is 19.5. The zero-order valence-electron chi connectivity index (χ0n) is 14.7. The van der Waals surface area contributed by atoms with Crippen molar-refractivity contribution in [1.82, 2.24) is 14.9 Å². The lowest BCUT2D eigenvalue weighted by atomic mass is 10.2. The van der Waals surface area contributed by atoms with E-state index < -0.39 is 23.2 Å². The molecule has 0 bridgehead atoms. The van der Waals surface area contributed by atoms with Crippen LogP contribution in [0, 0.1) is 10.1 Å². The molecule has 10 nitrogen and oxygen atoms in total. The summed E-state index contributed by atoms with van der Waals surface area (Å²) in [4.78, 5) is 46.6. The van der Waals surface area contributed by atoms with Crippen LogP contribution in [0.2, 0.25) is 5.02 Å². The molecule has 1 aromatic carbocycles. The number of hydrogen-bond acceptors (Lipinski definition) is 8. The van der Waals surface area contributed by atoms with Crippen LogP contribution in [0.3, 0.4) is 0 Å². The number of amides is 1. The lowest BCUT2D eigenvalue weighted by Crippen LogP contribution is -2.50. The van der Waals surface area contributed by atoms with Gasteiger partial charge in [0.2, 0.25) is 5.95 Å². The Morgan fingerprint density at radius 1 is 1.18 bits per heavy atom. The number of anilines is 1. The molecule has 28 heavy (non-hydrogen) atoms. The molecule has 1 amide bonds. The summed E-state index contributed by atoms with van der Waals surface area (Å²) in [6.07, 6.45) is 3.30. The fourth-order valence-electron chi connectivity index (χ4n) is 2.74. The first-order chi connectivity index (χ1) is 13.5. The number of aromatic nitrogens is 2. The van der Waals surface area contributed by atoms with Gasteiger partial charge in [-0.3, -0.25) is 14.9 Å². The average Bonchev–Trinajstić information content (AvgIpc) is 2.72. The van der Waals surface area contributed by atoms with E-state index in [4.69, 9.17) is 16.3 Å². The fourth-order valence-corrected chi connectivity index (χ4v) is 2.90. The summed E-state index contributed by atoms with van der Waals surface area (Å²) in [7, 11) is 0. The minimum absolute atomic E-state index is 0.125. The van der Waals surface area contributed by atoms with E-state index in [0.717, 1.165) is 6.07 Å². The van der Waals surface area contributed by atoms with Gasteiger partial charge in [0.05, 0.1) is 4.92 Å². The van der Waals surface area contributed by atoms with Gasteiger partial charge < -0.3 is 14.5 Å². The third-order valence-electron chi connectivity index (χ3n) is 4.17. The van der Waals surface area contributed by atoms with Crippen molar-refractivity contribution < 1.29 is 19.2 Å². The molecule has 0 atom stereocenters. The number of carbonyl (C=O) groups excluding carboxylic acids is 2. The number of nitro benzene ring substituents is 1. The predicted molar refractivity (Wildman–Crippen MR) is 99.2 cm³/mol. The lowest BCUT2D eigenvalue weighted by molar-refractivity contribution is -0.385. The highest BCUT2D eigenvalue weighted by molar-refractivity contribution is 6.31. The molecule has 1 fully saturated rings. The van der Waals surface area contributed by atoms with Crippen molar-refractivity contribution in [2.24, 2.45) is 0 Å². The van der Waals surface area contributed by atoms with E-state index in [9.17, 15) is 19.7 Å². The number of carbonyl (C=O) groups is 2. The Hall–Kier alpha value is -3.27. The number of esters is 1. The molecule has 0 radical (unpaired) electrons. The number of hydrogen-bond donors (Lipinski definition) is 0. The molecule has 0 saturated carbocycles. The molecular weight excluding hydrogens is 390 g/mol. The normalized spacial score (nSPS) is 13.9. The second-order valence-electron chi connectivity index (χ2n) is 5.91. The Morgan fingerprint density at radius 2 is 1.86 bits per heavy atom. The molecule has 2 heterocycles. The molecule has 11 heteroatoms. The molecular formula is C17H16ClN5O5. The maximum atomic E-state index is 12.3. The Kier molecular flexibility index (Phi) is 5.99. The van der Waals surface area contributed by atoms with Crippen LogP contribution in [-0.2, 0) is 9.53 Å². The lowest BCUT2D eigenvalue weighted by Gasteiger charge is -2.34. The second-order valence-corrected chi connectivity index (χ2v) is 6.35. The van der Waals surface area contributed by atoms with Gasteiger partial charge in [0.15, 0.2) is 6.61 Å². The molecule has 0 aliphatic carbocycles. The number of piperazine rings is 1. The Labute approximate surface area is 164 Å². The molecule has 0 unspecified atom stereocenters. The number of benzene rings is 1. The Balaban J connectivity index is 1.54. The summed E-state index contributed by atoms with van der Waals surface area (Å²) >= 11 is 5.72. The predicted octanol–water partition coefficient (Wildman–Crippen LogP) is 1.54. The molecule has 146 valence electrons. The minimum Gasteiger partial charge on any atom is -0.452 e. The summed E-state index contributed by atoms with van der Waals surface area (Å²) in [5.41, 5.74) is -0.727. The molecule has 0 spiro atoms. The maximum absolute atomic E-state index is 12.3. The van der Waals surface area contributed by atoms with E-state index in [1.807, 2.05) is 4.90 Å². The van der Waals surface area contributed by atoms with E-state index in [-0.39, 0.29) is 16.5 Å². The zero-order chi connectivity index (χ0) is 20.1. The standard InChI is InChI=1S/C17H16ClN5O5/c18-12-2-3-13(14(10-12)23(26)27)16(25)28-11-15(24)21-6-8-22(9-7-21)17-19-4-1-5-20-17/h1-5,10H,6-9,11H2. The summed E-state index contributed by atoms with van der Waals surface area (Å²) in [6.45, 7) is 1.45. The quantitative estimate of drug-likeness (QED) is 0.417. The highest BCUT2D eigenvalue weighted by atomic mass is 35.5. The molecule has 1 aliphatic rings. The SMILES string of the molecule is O=C(OCC(=O)N1CCN(c2ncccn2)CC1)c1ccc(Cl)cc1[N+](=O)[O-]. The topological polar surface area (TPSA) is 119 Å². The van der Waals surface area contributed by atoms with E-state index in [1.165, 1.54) is 12.1 Å². The summed E-state index contributed by atoms with van der Waals surface area (Å²) in [5, 5.41) is 11.2. The smallest absolute Gasteiger partial charge is 0.345 e. The Bertz CT molecular complexity index is 887. The third kappa shape index (κ3) is 4.52. The van der Waals surface area contributed by atoms with Gasteiger partial charge in [0, 0.05) is 49.7 Å². The fraction of sp³-hybridized carbons (Fsp3) is 0.294. The van der Waals surface area contributed by atoms with Crippen molar-refractivity contribution in [2.75, 3.05) is 37.7 Å². The van der Waals surface area contributed by atoms with E-state index in [0.29, 0.717) is 32.1 Å². The van der Waals surface area contributed by atoms with Crippen molar-refractivity contribution in [2.45, 2.75) is 0 Å². The maximum Gasteiger partial charge on any atom is 0.345 e. The van der Waals surface area contributed by atoms with Gasteiger partial charge in [-0.15, -0.1) is 0 Å². The van der Waals surface area contributed by atoms with Gasteiger partial charge in [0.25, 0.3) is 11.6 Å². The van der Waals surface area contributed by atoms with Crippen LogP contribution in [0.1, 0.15) is 10.4 Å². The van der Waals surface area contributed by atoms with E-state index in [2.05, 4.69) is 9.97 Å². The first-order valence-electron chi connectivity index (χ1n) is 8.36. The van der Waals surface area contributed by atoms with Crippen molar-refractivity contribution >= 4 is 35.1 Å². The molecule has 2 aromatic rings. The number of ether oxygens (including phenoxy) is 1. The van der Waals surface area contributed by atoms with Crippen molar-refractivity contribution in [3.63, 3.8) is 0 Å². The highest BCUT2D eigenvalue weighted by Gasteiger charge is 2.26. The van der Waals surface area contributed by atoms with Crippen LogP contribution in [0.4, 0.5) is 11.6 Å². The van der Waals surface area contributed by atoms with Crippen LogP contribution >= 0.6 is 11.6 Å². The third-order valence-corrected chi connectivity index (χ3v) is 4.41. The molecule has 3 rings (SSSR count). The Morgan fingerprint density at radius 3 is 2.50 bits per heavy atom. The summed E-state index contributed by atoms with van der Waals surface area (Å²) in [5.74, 6) is -0.734. The van der Waals surface area contributed by atoms with Gasteiger partial charge in [-0.25, -0.2) is 14.8 Å². The van der Waals surface area contributed by atoms with Crippen molar-refractivity contribution in [1.29, 1.82) is 0 Å². The van der Waals surface area contributed by atoms with Crippen LogP contribution in [0.5, 0.6) is 0 Å². The molecule has 0 N–H and O–H groups in total. The highest BCUT2D eigenvalue weighted by Crippen LogP contribution is 2.24. The second kappa shape index (κ2) is 8.61. The van der Waals surface area contributed by atoms with Gasteiger partial charge in [-0.05, 0) is 18.2 Å². The first-order valence-corrected chi connectivity index (χ1v) is 8.74. The summed E-state index contributed by atoms with van der Waals surface area (Å²) < 4.78 is 4.97. The van der Waals surface area contributed by atoms with Crippen LogP contribution < -0.4 is 4.90 Å². The van der Waals surface area contributed by atoms with Crippen molar-refractivity contribution in [3.8, 4) is 0 Å². The number of nitro groups is 1. The minimum atomic E-state index is -0.951. The number of rotatable bonds is 5. The van der Waals surface area contributed by atoms with Gasteiger partial charge in [-0.2, -0.15) is 0 Å². The number of halogens is 1. The summed E-state index contributed by atoms with van der Waals surface area (Å²) in [6, 6.07) is 5.33. The van der Waals surface area contributed by atoms with Crippen LogP contribution in [0.25, 0.3) is 0 Å². The average molecular weight is 406 g/mol. The van der Waals surface area contributed by atoms with Gasteiger partial charge in [-0.1, -0.05) is 11.6 Å². The molecule has 1 aliphatic heterocycles. The monoisotopic (exact) mass is 405 g/mol. The molecule has 1 saturated heterocycles. The number of nitrogens with zero attached hydrogens (tertiary/aromatic N) is 5. The van der Waals surface area contributed by atoms with Crippen LogP contribution in [-0.4, -0.2) is 64.5 Å². The van der Waals surface area contributed by atoms with Gasteiger partial charge >= 0.3 is 5.97 Å². The van der Waals surface area contributed by atoms with E-state index >= 15 is 0 Å². The molecule has 1 aromatic heterocycles. The van der Waals surface area contributed by atoms with Crippen LogP contribution in [0.15, 0.2) is 36.7 Å². The zero-order valence-corrected chi connectivity index (χ0v) is 15.4. The van der Waals surface area contributed by atoms with Crippen molar-refractivity contribution in [3.05, 3.63) is 57.4 Å². The largest absolute Gasteiger partial charge is 0.452 e.